The third-order valence-corrected chi connectivity index (χ3v) is 7.54. The van der Waals surface area contributed by atoms with Crippen LogP contribution in [0.1, 0.15) is 35.6 Å². The minimum absolute atomic E-state index is 0.0161. The number of rotatable bonds is 12. The maximum atomic E-state index is 14.0. The van der Waals surface area contributed by atoms with Crippen LogP contribution in [0.4, 0.5) is 18.9 Å². The first kappa shape index (κ1) is 31.7. The third kappa shape index (κ3) is 9.07. The number of carbonyl (C=O) groups is 2. The molecule has 1 N–H and O–H groups in total. The van der Waals surface area contributed by atoms with Crippen LogP contribution in [-0.4, -0.2) is 50.5 Å². The van der Waals surface area contributed by atoms with Crippen molar-refractivity contribution in [2.45, 2.75) is 45.5 Å². The Balaban J connectivity index is 2.07. The predicted octanol–water partition coefficient (Wildman–Crippen LogP) is 4.95. The van der Waals surface area contributed by atoms with E-state index in [2.05, 4.69) is 5.32 Å². The summed E-state index contributed by atoms with van der Waals surface area (Å²) in [4.78, 5) is 28.7. The van der Waals surface area contributed by atoms with Gasteiger partial charge in [-0.15, -0.1) is 0 Å². The lowest BCUT2D eigenvalue weighted by Gasteiger charge is -2.33. The van der Waals surface area contributed by atoms with Gasteiger partial charge in [0.2, 0.25) is 21.8 Å². The molecule has 3 aromatic carbocycles. The van der Waals surface area contributed by atoms with Gasteiger partial charge in [-0.2, -0.15) is 13.2 Å². The number of sulfonamides is 1. The largest absolute Gasteiger partial charge is 0.416 e. The molecule has 11 heteroatoms. The molecule has 0 aliphatic heterocycles. The fraction of sp³-hybridized carbons (Fsp3) is 0.333. The van der Waals surface area contributed by atoms with Crippen molar-refractivity contribution >= 4 is 27.5 Å². The summed E-state index contributed by atoms with van der Waals surface area (Å²) in [6.45, 7) is 3.33. The molecule has 3 rings (SSSR count). The first-order chi connectivity index (χ1) is 19.3. The second kappa shape index (κ2) is 13.7. The van der Waals surface area contributed by atoms with Crippen LogP contribution in [-0.2, 0) is 38.8 Å². The lowest BCUT2D eigenvalue weighted by Crippen LogP contribution is -2.53. The van der Waals surface area contributed by atoms with Gasteiger partial charge < -0.3 is 10.2 Å². The summed E-state index contributed by atoms with van der Waals surface area (Å²) in [5, 5.41) is 2.83. The topological polar surface area (TPSA) is 86.8 Å². The normalized spacial score (nSPS) is 12.4. The molecule has 1 atom stereocenters. The first-order valence-electron chi connectivity index (χ1n) is 13.1. The van der Waals surface area contributed by atoms with E-state index >= 15 is 0 Å². The fourth-order valence-electron chi connectivity index (χ4n) is 4.38. The van der Waals surface area contributed by atoms with Crippen molar-refractivity contribution in [2.75, 3.05) is 23.7 Å². The second-order valence-corrected chi connectivity index (χ2v) is 11.7. The number of amides is 2. The van der Waals surface area contributed by atoms with Gasteiger partial charge in [-0.25, -0.2) is 8.42 Å². The zero-order valence-corrected chi connectivity index (χ0v) is 24.0. The maximum absolute atomic E-state index is 14.0. The molecule has 41 heavy (non-hydrogen) atoms. The maximum Gasteiger partial charge on any atom is 0.416 e. The lowest BCUT2D eigenvalue weighted by atomic mass is 10.0. The monoisotopic (exact) mass is 589 g/mol. The van der Waals surface area contributed by atoms with Gasteiger partial charge in [0.25, 0.3) is 0 Å². The van der Waals surface area contributed by atoms with Gasteiger partial charge in [0.1, 0.15) is 12.6 Å². The highest BCUT2D eigenvalue weighted by Gasteiger charge is 2.35. The van der Waals surface area contributed by atoms with Crippen LogP contribution in [0.5, 0.6) is 0 Å². The summed E-state index contributed by atoms with van der Waals surface area (Å²) in [5.41, 5.74) is 1.07. The van der Waals surface area contributed by atoms with Crippen LogP contribution < -0.4 is 9.62 Å². The molecule has 0 aromatic heterocycles. The number of alkyl halides is 3. The molecule has 0 saturated carbocycles. The van der Waals surface area contributed by atoms with Crippen LogP contribution in [0.2, 0.25) is 0 Å². The number of hydrogen-bond acceptors (Lipinski definition) is 4. The Hall–Kier alpha value is -3.86. The van der Waals surface area contributed by atoms with E-state index in [0.717, 1.165) is 29.5 Å². The highest BCUT2D eigenvalue weighted by molar-refractivity contribution is 7.92. The molecule has 0 aliphatic carbocycles. The van der Waals surface area contributed by atoms with E-state index < -0.39 is 46.2 Å². The van der Waals surface area contributed by atoms with Crippen molar-refractivity contribution in [1.29, 1.82) is 0 Å². The molecule has 0 fully saturated rings. The van der Waals surface area contributed by atoms with E-state index in [1.807, 2.05) is 62.4 Å². The minimum Gasteiger partial charge on any atom is -0.354 e. The molecule has 2 amide bonds. The molecule has 0 radical (unpaired) electrons. The predicted molar refractivity (Wildman–Crippen MR) is 153 cm³/mol. The number of benzene rings is 3. The van der Waals surface area contributed by atoms with Crippen LogP contribution in [0.3, 0.4) is 0 Å². The molecule has 0 saturated heterocycles. The Morgan fingerprint density at radius 3 is 2.20 bits per heavy atom. The highest BCUT2D eigenvalue weighted by Crippen LogP contribution is 2.32. The molecule has 7 nitrogen and oxygen atoms in total. The number of hydrogen-bond donors (Lipinski definition) is 1. The van der Waals surface area contributed by atoms with E-state index in [0.29, 0.717) is 28.9 Å². The number of nitrogens with zero attached hydrogens (tertiary/aromatic N) is 2. The van der Waals surface area contributed by atoms with E-state index in [1.165, 1.54) is 11.0 Å². The molecule has 3 aromatic rings. The quantitative estimate of drug-likeness (QED) is 0.324. The first-order valence-corrected chi connectivity index (χ1v) is 15.0. The van der Waals surface area contributed by atoms with E-state index in [-0.39, 0.29) is 18.7 Å². The van der Waals surface area contributed by atoms with Crippen molar-refractivity contribution < 1.29 is 31.2 Å². The molecule has 0 heterocycles. The summed E-state index contributed by atoms with van der Waals surface area (Å²) in [7, 11) is -4.19. The number of halogens is 3. The average Bonchev–Trinajstić information content (AvgIpc) is 2.91. The Morgan fingerprint density at radius 2 is 1.59 bits per heavy atom. The molecular weight excluding hydrogens is 555 g/mol. The minimum atomic E-state index is -4.71. The fourth-order valence-corrected chi connectivity index (χ4v) is 5.22. The zero-order valence-electron chi connectivity index (χ0n) is 23.2. The van der Waals surface area contributed by atoms with Crippen molar-refractivity contribution in [1.82, 2.24) is 10.2 Å². The zero-order chi connectivity index (χ0) is 30.2. The molecule has 0 aliphatic rings. The van der Waals surface area contributed by atoms with Gasteiger partial charge in [-0.3, -0.25) is 13.9 Å². The van der Waals surface area contributed by atoms with E-state index in [1.54, 1.807) is 6.07 Å². The molecule has 0 spiro atoms. The van der Waals surface area contributed by atoms with Crippen LogP contribution >= 0.6 is 0 Å². The Labute approximate surface area is 239 Å². The van der Waals surface area contributed by atoms with Crippen molar-refractivity contribution in [2.24, 2.45) is 0 Å². The summed E-state index contributed by atoms with van der Waals surface area (Å²) < 4.78 is 66.4. The summed E-state index contributed by atoms with van der Waals surface area (Å²) >= 11 is 0. The van der Waals surface area contributed by atoms with Gasteiger partial charge in [0.05, 0.1) is 17.5 Å². The van der Waals surface area contributed by atoms with Gasteiger partial charge >= 0.3 is 6.18 Å². The van der Waals surface area contributed by atoms with Crippen LogP contribution in [0.15, 0.2) is 78.9 Å². The molecular formula is C30H34F3N3O4S. The second-order valence-electron chi connectivity index (χ2n) is 9.82. The van der Waals surface area contributed by atoms with Crippen molar-refractivity contribution in [3.05, 3.63) is 101 Å². The van der Waals surface area contributed by atoms with E-state index in [4.69, 9.17) is 0 Å². The summed E-state index contributed by atoms with van der Waals surface area (Å²) in [6.07, 6.45) is -3.08. The number of anilines is 1. The number of aryl methyl sites for hydroxylation is 1. The summed E-state index contributed by atoms with van der Waals surface area (Å²) in [6, 6.07) is 19.2. The summed E-state index contributed by atoms with van der Waals surface area (Å²) in [5.74, 6) is -1.15. The lowest BCUT2D eigenvalue weighted by molar-refractivity contribution is -0.140. The Kier molecular flexibility index (Phi) is 10.6. The van der Waals surface area contributed by atoms with Gasteiger partial charge in [-0.1, -0.05) is 73.2 Å². The molecule has 0 bridgehead atoms. The standard InChI is InChI=1S/C30H34F3N3O4S/c1-4-16-34-29(38)27(18-23-11-6-5-7-12-23)35(20-24-13-8-10-22(2)17-24)28(37)21-36(41(3,39)40)26-15-9-14-25(19-26)30(31,32)33/h5-15,17,19,27H,4,16,18,20-21H2,1-3H3,(H,34,38). The number of nitrogens with one attached hydrogen (secondary N) is 1. The van der Waals surface area contributed by atoms with Crippen molar-refractivity contribution in [3.8, 4) is 0 Å². The SMILES string of the molecule is CCCNC(=O)C(Cc1ccccc1)N(Cc1cccc(C)c1)C(=O)CN(c1cccc(C(F)(F)F)c1)S(C)(=O)=O. The van der Waals surface area contributed by atoms with Crippen molar-refractivity contribution in [3.63, 3.8) is 0 Å². The van der Waals surface area contributed by atoms with Gasteiger partial charge in [-0.05, 0) is 42.7 Å². The molecule has 220 valence electrons. The Bertz CT molecular complexity index is 1450. The number of carbonyl (C=O) groups excluding carboxylic acids is 2. The van der Waals surface area contributed by atoms with E-state index in [9.17, 15) is 31.2 Å². The average molecular weight is 590 g/mol. The Morgan fingerprint density at radius 1 is 0.927 bits per heavy atom. The van der Waals surface area contributed by atoms with Crippen LogP contribution in [0, 0.1) is 6.92 Å². The third-order valence-electron chi connectivity index (χ3n) is 6.40. The van der Waals surface area contributed by atoms with Gasteiger partial charge in [0.15, 0.2) is 0 Å². The highest BCUT2D eigenvalue weighted by atomic mass is 32.2. The molecule has 1 unspecified atom stereocenters. The van der Waals surface area contributed by atoms with Crippen LogP contribution in [0.25, 0.3) is 0 Å². The van der Waals surface area contributed by atoms with Gasteiger partial charge in [0, 0.05) is 19.5 Å². The smallest absolute Gasteiger partial charge is 0.354 e.